The van der Waals surface area contributed by atoms with Crippen molar-refractivity contribution in [1.29, 1.82) is 0 Å². The Morgan fingerprint density at radius 2 is 1.65 bits per heavy atom. The molecule has 0 atom stereocenters. The van der Waals surface area contributed by atoms with Crippen LogP contribution in [0.25, 0.3) is 0 Å². The zero-order chi connectivity index (χ0) is 16.7. The lowest BCUT2D eigenvalue weighted by atomic mass is 9.76. The minimum absolute atomic E-state index is 0.260. The van der Waals surface area contributed by atoms with E-state index < -0.39 is 7.12 Å². The van der Waals surface area contributed by atoms with Gasteiger partial charge in [-0.25, -0.2) is 0 Å². The highest BCUT2D eigenvalue weighted by molar-refractivity contribution is 6.63. The molecule has 1 aromatic rings. The van der Waals surface area contributed by atoms with Gasteiger partial charge in [-0.1, -0.05) is 44.2 Å². The minimum atomic E-state index is -0.494. The largest absolute Gasteiger partial charge is 0.508 e. The number of benzene rings is 1. The van der Waals surface area contributed by atoms with Crippen molar-refractivity contribution in [3.63, 3.8) is 0 Å². The first-order chi connectivity index (χ1) is 10.8. The van der Waals surface area contributed by atoms with E-state index in [0.29, 0.717) is 0 Å². The van der Waals surface area contributed by atoms with E-state index in [-0.39, 0.29) is 17.0 Å². The Bertz CT molecular complexity index is 546. The fraction of sp³-hybridized carbons (Fsp3) is 0.684. The predicted molar refractivity (Wildman–Crippen MR) is 94.1 cm³/mol. The van der Waals surface area contributed by atoms with Gasteiger partial charge < -0.3 is 14.4 Å². The van der Waals surface area contributed by atoms with Gasteiger partial charge in [0, 0.05) is 5.46 Å². The van der Waals surface area contributed by atoms with Crippen molar-refractivity contribution < 1.29 is 14.4 Å². The number of phenols is 1. The van der Waals surface area contributed by atoms with Crippen molar-refractivity contribution in [3.8, 4) is 5.75 Å². The van der Waals surface area contributed by atoms with Crippen molar-refractivity contribution in [2.24, 2.45) is 5.92 Å². The normalized spacial score (nSPS) is 24.1. The van der Waals surface area contributed by atoms with Crippen molar-refractivity contribution in [1.82, 2.24) is 0 Å². The molecule has 3 nitrogen and oxygen atoms in total. The van der Waals surface area contributed by atoms with E-state index in [1.54, 1.807) is 6.07 Å². The van der Waals surface area contributed by atoms with Crippen LogP contribution in [0.5, 0.6) is 5.75 Å². The number of hydrogen-bond acceptors (Lipinski definition) is 3. The molecule has 0 amide bonds. The second-order valence-electron chi connectivity index (χ2n) is 8.19. The summed E-state index contributed by atoms with van der Waals surface area (Å²) in [6, 6.07) is 5.91. The molecule has 126 valence electrons. The Balaban J connectivity index is 1.78. The van der Waals surface area contributed by atoms with E-state index in [0.717, 1.165) is 17.8 Å². The second-order valence-corrected chi connectivity index (χ2v) is 8.19. The molecule has 0 aromatic heterocycles. The Morgan fingerprint density at radius 3 is 2.26 bits per heavy atom. The van der Waals surface area contributed by atoms with Crippen LogP contribution in [0.15, 0.2) is 18.2 Å². The first-order valence-corrected chi connectivity index (χ1v) is 8.96. The van der Waals surface area contributed by atoms with E-state index in [1.807, 2.05) is 33.8 Å². The Kier molecular flexibility index (Phi) is 4.50. The molecule has 2 fully saturated rings. The number of rotatable bonds is 3. The Hall–Kier alpha value is -0.995. The van der Waals surface area contributed by atoms with Gasteiger partial charge in [0.1, 0.15) is 5.75 Å². The molecule has 4 heteroatoms. The maximum absolute atomic E-state index is 10.3. The van der Waals surface area contributed by atoms with Gasteiger partial charge in [0.25, 0.3) is 0 Å². The van der Waals surface area contributed by atoms with Crippen molar-refractivity contribution in [2.75, 3.05) is 0 Å². The van der Waals surface area contributed by atoms with Gasteiger partial charge in [-0.3, -0.25) is 0 Å². The van der Waals surface area contributed by atoms with Gasteiger partial charge in [-0.05, 0) is 51.7 Å². The lowest BCUT2D eigenvalue weighted by molar-refractivity contribution is 0.00578. The quantitative estimate of drug-likeness (QED) is 0.862. The van der Waals surface area contributed by atoms with Crippen LogP contribution in [-0.4, -0.2) is 23.4 Å². The maximum Gasteiger partial charge on any atom is 0.498 e. The first-order valence-electron chi connectivity index (χ1n) is 8.96. The molecule has 0 unspecified atom stereocenters. The highest BCUT2D eigenvalue weighted by Gasteiger charge is 2.52. The summed E-state index contributed by atoms with van der Waals surface area (Å²) in [6.07, 6.45) is 7.83. The zero-order valence-corrected chi connectivity index (χ0v) is 14.9. The molecule has 3 rings (SSSR count). The fourth-order valence-electron chi connectivity index (χ4n) is 3.61. The van der Waals surface area contributed by atoms with E-state index >= 15 is 0 Å². The summed E-state index contributed by atoms with van der Waals surface area (Å²) in [7, 11) is -0.494. The standard InChI is InChI=1S/C19H29BO3/c1-18(2)19(3,4)23-20(22-18)16-13-15(10-11-17(16)21)12-14-8-6-5-7-9-14/h10-11,13-14,21H,5-9,12H2,1-4H3. The van der Waals surface area contributed by atoms with E-state index in [4.69, 9.17) is 9.31 Å². The third-order valence-electron chi connectivity index (χ3n) is 5.85. The monoisotopic (exact) mass is 316 g/mol. The average Bonchev–Trinajstić information content (AvgIpc) is 2.70. The van der Waals surface area contributed by atoms with Gasteiger partial charge in [-0.15, -0.1) is 0 Å². The van der Waals surface area contributed by atoms with Crippen LogP contribution in [0.1, 0.15) is 65.4 Å². The molecule has 0 spiro atoms. The van der Waals surface area contributed by atoms with Crippen LogP contribution in [0, 0.1) is 5.92 Å². The van der Waals surface area contributed by atoms with E-state index in [1.165, 1.54) is 37.7 Å². The van der Waals surface area contributed by atoms with Crippen molar-refractivity contribution >= 4 is 12.6 Å². The second kappa shape index (κ2) is 6.14. The van der Waals surface area contributed by atoms with Gasteiger partial charge in [0.2, 0.25) is 0 Å². The fourth-order valence-corrected chi connectivity index (χ4v) is 3.61. The molecule has 1 N–H and O–H groups in total. The number of aromatic hydroxyl groups is 1. The summed E-state index contributed by atoms with van der Waals surface area (Å²) in [5, 5.41) is 10.3. The Labute approximate surface area is 140 Å². The first kappa shape index (κ1) is 16.8. The van der Waals surface area contributed by atoms with Crippen LogP contribution in [0.3, 0.4) is 0 Å². The lowest BCUT2D eigenvalue weighted by Gasteiger charge is -2.32. The summed E-state index contributed by atoms with van der Waals surface area (Å²) in [5.41, 5.74) is 1.27. The molecular weight excluding hydrogens is 287 g/mol. The third-order valence-corrected chi connectivity index (χ3v) is 5.85. The summed E-state index contributed by atoms with van der Waals surface area (Å²) >= 11 is 0. The Morgan fingerprint density at radius 1 is 1.04 bits per heavy atom. The van der Waals surface area contributed by atoms with Crippen LogP contribution in [0.4, 0.5) is 0 Å². The summed E-state index contributed by atoms with van der Waals surface area (Å²) in [6.45, 7) is 8.15. The average molecular weight is 316 g/mol. The molecule has 0 bridgehead atoms. The summed E-state index contributed by atoms with van der Waals surface area (Å²) in [4.78, 5) is 0. The van der Waals surface area contributed by atoms with Gasteiger partial charge >= 0.3 is 7.12 Å². The van der Waals surface area contributed by atoms with E-state index in [9.17, 15) is 5.11 Å². The van der Waals surface area contributed by atoms with Crippen LogP contribution in [0.2, 0.25) is 0 Å². The summed E-state index contributed by atoms with van der Waals surface area (Å²) < 4.78 is 12.2. The maximum atomic E-state index is 10.3. The zero-order valence-electron chi connectivity index (χ0n) is 14.9. The van der Waals surface area contributed by atoms with Crippen molar-refractivity contribution in [2.45, 2.75) is 77.4 Å². The molecule has 2 aliphatic rings. The smallest absolute Gasteiger partial charge is 0.498 e. The lowest BCUT2D eigenvalue weighted by Crippen LogP contribution is -2.41. The third kappa shape index (κ3) is 3.43. The highest BCUT2D eigenvalue weighted by Crippen LogP contribution is 2.37. The molecule has 1 aromatic carbocycles. The van der Waals surface area contributed by atoms with Crippen molar-refractivity contribution in [3.05, 3.63) is 23.8 Å². The predicted octanol–water partition coefficient (Wildman–Crippen LogP) is 3.81. The molecule has 1 heterocycles. The van der Waals surface area contributed by atoms with Crippen LogP contribution >= 0.6 is 0 Å². The topological polar surface area (TPSA) is 38.7 Å². The molecule has 1 saturated heterocycles. The summed E-state index contributed by atoms with van der Waals surface area (Å²) in [5.74, 6) is 1.04. The molecule has 23 heavy (non-hydrogen) atoms. The van der Waals surface area contributed by atoms with E-state index in [2.05, 4.69) is 6.07 Å². The minimum Gasteiger partial charge on any atom is -0.508 e. The SMILES string of the molecule is CC1(C)OB(c2cc(CC3CCCCC3)ccc2O)OC1(C)C. The number of phenolic OH excluding ortho intramolecular Hbond substituents is 1. The molecule has 1 saturated carbocycles. The van der Waals surface area contributed by atoms with Gasteiger partial charge in [0.05, 0.1) is 11.2 Å². The molecule has 0 radical (unpaired) electrons. The molecular formula is C19H29BO3. The number of hydrogen-bond donors (Lipinski definition) is 1. The van der Waals surface area contributed by atoms with Gasteiger partial charge in [0.15, 0.2) is 0 Å². The molecule has 1 aliphatic heterocycles. The highest BCUT2D eigenvalue weighted by atomic mass is 16.7. The molecule has 1 aliphatic carbocycles. The van der Waals surface area contributed by atoms with Crippen LogP contribution in [-0.2, 0) is 15.7 Å². The van der Waals surface area contributed by atoms with Crippen LogP contribution < -0.4 is 5.46 Å². The van der Waals surface area contributed by atoms with Gasteiger partial charge in [-0.2, -0.15) is 0 Å².